The third kappa shape index (κ3) is 4.57. The number of nitrogens with zero attached hydrogens (tertiary/aromatic N) is 3. The molecule has 2 unspecified atom stereocenters. The maximum Gasteiger partial charge on any atom is 0.269 e. The van der Waals surface area contributed by atoms with E-state index >= 15 is 0 Å². The molecule has 3 aromatic rings. The summed E-state index contributed by atoms with van der Waals surface area (Å²) < 4.78 is 5.95. The van der Waals surface area contributed by atoms with Crippen LogP contribution in [0.5, 0.6) is 0 Å². The first-order valence-corrected chi connectivity index (χ1v) is 9.62. The van der Waals surface area contributed by atoms with Crippen LogP contribution in [0.3, 0.4) is 0 Å². The Labute approximate surface area is 168 Å². The molecule has 1 N–H and O–H groups in total. The molecule has 1 saturated heterocycles. The van der Waals surface area contributed by atoms with Crippen molar-refractivity contribution in [3.63, 3.8) is 0 Å². The number of hydrogen-bond acceptors (Lipinski definition) is 6. The maximum absolute atomic E-state index is 10.9. The zero-order chi connectivity index (χ0) is 20.2. The Morgan fingerprint density at radius 1 is 1.10 bits per heavy atom. The summed E-state index contributed by atoms with van der Waals surface area (Å²) in [5.74, 6) is 1.30. The molecule has 0 amide bonds. The number of aryl methyl sites for hydroxylation is 1. The fourth-order valence-corrected chi connectivity index (χ4v) is 3.54. The number of nitrogens with one attached hydrogen (secondary N) is 1. The largest absolute Gasteiger partial charge is 0.373 e. The second kappa shape index (κ2) is 8.36. The molecule has 1 aromatic heterocycles. The van der Waals surface area contributed by atoms with E-state index in [1.54, 1.807) is 12.1 Å². The molecular weight excluding hydrogens is 368 g/mol. The molecule has 29 heavy (non-hydrogen) atoms. The molecule has 0 bridgehead atoms. The van der Waals surface area contributed by atoms with Gasteiger partial charge in [-0.1, -0.05) is 30.3 Å². The van der Waals surface area contributed by atoms with Crippen molar-refractivity contribution in [1.29, 1.82) is 0 Å². The standard InChI is InChI=1S/C22H22N4O3/c1-15-13-21(25-22(23-15)17-7-9-19(10-8-17)26(27)28)24-18-11-12-29-20(14-18)16-5-3-2-4-6-16/h2-10,13,18,20H,11-12,14H2,1H3,(H,23,24,25). The minimum Gasteiger partial charge on any atom is -0.373 e. The van der Waals surface area contributed by atoms with Crippen molar-refractivity contribution in [3.8, 4) is 11.4 Å². The van der Waals surface area contributed by atoms with Gasteiger partial charge in [-0.05, 0) is 37.5 Å². The molecule has 2 heterocycles. The Kier molecular flexibility index (Phi) is 5.48. The molecule has 4 rings (SSSR count). The van der Waals surface area contributed by atoms with Gasteiger partial charge >= 0.3 is 0 Å². The minimum atomic E-state index is -0.415. The molecule has 2 aromatic carbocycles. The SMILES string of the molecule is Cc1cc(NC2CCOC(c3ccccc3)C2)nc(-c2ccc([N+](=O)[O-])cc2)n1. The third-order valence-corrected chi connectivity index (χ3v) is 5.00. The number of anilines is 1. The van der Waals surface area contributed by atoms with E-state index in [0.717, 1.165) is 29.9 Å². The summed E-state index contributed by atoms with van der Waals surface area (Å²) in [5, 5.41) is 14.4. The minimum absolute atomic E-state index is 0.0499. The monoisotopic (exact) mass is 390 g/mol. The Morgan fingerprint density at radius 2 is 1.86 bits per heavy atom. The van der Waals surface area contributed by atoms with Gasteiger partial charge in [-0.25, -0.2) is 9.97 Å². The van der Waals surface area contributed by atoms with Gasteiger partial charge in [0, 0.05) is 42.1 Å². The van der Waals surface area contributed by atoms with Crippen molar-refractivity contribution in [2.75, 3.05) is 11.9 Å². The molecule has 7 heteroatoms. The van der Waals surface area contributed by atoms with E-state index in [2.05, 4.69) is 27.4 Å². The van der Waals surface area contributed by atoms with Gasteiger partial charge in [0.1, 0.15) is 5.82 Å². The highest BCUT2D eigenvalue weighted by Crippen LogP contribution is 2.30. The highest BCUT2D eigenvalue weighted by Gasteiger charge is 2.24. The molecule has 1 fully saturated rings. The Balaban J connectivity index is 1.51. The summed E-state index contributed by atoms with van der Waals surface area (Å²) in [4.78, 5) is 19.6. The van der Waals surface area contributed by atoms with Crippen LogP contribution in [0.1, 0.15) is 30.2 Å². The smallest absolute Gasteiger partial charge is 0.269 e. The van der Waals surface area contributed by atoms with Gasteiger partial charge in [-0.15, -0.1) is 0 Å². The number of nitro groups is 1. The number of rotatable bonds is 5. The van der Waals surface area contributed by atoms with Gasteiger partial charge in [0.15, 0.2) is 5.82 Å². The lowest BCUT2D eigenvalue weighted by Crippen LogP contribution is -2.30. The zero-order valence-corrected chi connectivity index (χ0v) is 16.1. The zero-order valence-electron chi connectivity index (χ0n) is 16.1. The van der Waals surface area contributed by atoms with Gasteiger partial charge in [-0.2, -0.15) is 0 Å². The van der Waals surface area contributed by atoms with Crippen LogP contribution >= 0.6 is 0 Å². The van der Waals surface area contributed by atoms with Crippen molar-refractivity contribution in [2.24, 2.45) is 0 Å². The van der Waals surface area contributed by atoms with E-state index in [9.17, 15) is 10.1 Å². The molecule has 0 radical (unpaired) electrons. The summed E-state index contributed by atoms with van der Waals surface area (Å²) >= 11 is 0. The molecule has 0 saturated carbocycles. The van der Waals surface area contributed by atoms with E-state index in [-0.39, 0.29) is 17.8 Å². The normalized spacial score (nSPS) is 18.9. The number of nitro benzene ring substituents is 1. The number of aromatic nitrogens is 2. The summed E-state index contributed by atoms with van der Waals surface area (Å²) in [5.41, 5.74) is 2.82. The second-order valence-corrected chi connectivity index (χ2v) is 7.16. The first-order chi connectivity index (χ1) is 14.1. The Bertz CT molecular complexity index is 993. The van der Waals surface area contributed by atoms with E-state index in [1.165, 1.54) is 17.7 Å². The number of benzene rings is 2. The van der Waals surface area contributed by atoms with Crippen molar-refractivity contribution in [2.45, 2.75) is 31.9 Å². The van der Waals surface area contributed by atoms with Crippen LogP contribution in [0.25, 0.3) is 11.4 Å². The van der Waals surface area contributed by atoms with Crippen LogP contribution in [0.15, 0.2) is 60.7 Å². The lowest BCUT2D eigenvalue weighted by atomic mass is 9.97. The third-order valence-electron chi connectivity index (χ3n) is 5.00. The van der Waals surface area contributed by atoms with Gasteiger partial charge < -0.3 is 10.1 Å². The first kappa shape index (κ1) is 19.0. The van der Waals surface area contributed by atoms with Gasteiger partial charge in [-0.3, -0.25) is 10.1 Å². The second-order valence-electron chi connectivity index (χ2n) is 7.16. The summed E-state index contributed by atoms with van der Waals surface area (Å²) in [6.45, 7) is 2.61. The molecule has 1 aliphatic rings. The number of ether oxygens (including phenoxy) is 1. The van der Waals surface area contributed by atoms with Crippen LogP contribution in [0.2, 0.25) is 0 Å². The summed E-state index contributed by atoms with van der Waals surface area (Å²) in [7, 11) is 0. The molecule has 2 atom stereocenters. The number of non-ortho nitro benzene ring substituents is 1. The topological polar surface area (TPSA) is 90.2 Å². The lowest BCUT2D eigenvalue weighted by Gasteiger charge is -2.30. The van der Waals surface area contributed by atoms with Crippen molar-refractivity contribution < 1.29 is 9.66 Å². The molecule has 0 spiro atoms. The Hall–Kier alpha value is -3.32. The van der Waals surface area contributed by atoms with Crippen LogP contribution in [0, 0.1) is 17.0 Å². The van der Waals surface area contributed by atoms with Gasteiger partial charge in [0.25, 0.3) is 5.69 Å². The Morgan fingerprint density at radius 3 is 2.59 bits per heavy atom. The van der Waals surface area contributed by atoms with Crippen molar-refractivity contribution in [3.05, 3.63) is 82.0 Å². The van der Waals surface area contributed by atoms with Crippen LogP contribution in [0.4, 0.5) is 11.5 Å². The summed E-state index contributed by atoms with van der Waals surface area (Å²) in [6, 6.07) is 18.7. The molecule has 0 aliphatic carbocycles. The highest BCUT2D eigenvalue weighted by atomic mass is 16.6. The quantitative estimate of drug-likeness (QED) is 0.502. The van der Waals surface area contributed by atoms with E-state index in [0.29, 0.717) is 12.4 Å². The number of hydrogen-bond donors (Lipinski definition) is 1. The van der Waals surface area contributed by atoms with Gasteiger partial charge in [0.2, 0.25) is 0 Å². The van der Waals surface area contributed by atoms with E-state index < -0.39 is 4.92 Å². The highest BCUT2D eigenvalue weighted by molar-refractivity contribution is 5.59. The van der Waals surface area contributed by atoms with Gasteiger partial charge in [0.05, 0.1) is 11.0 Å². The van der Waals surface area contributed by atoms with Crippen molar-refractivity contribution in [1.82, 2.24) is 9.97 Å². The first-order valence-electron chi connectivity index (χ1n) is 9.62. The van der Waals surface area contributed by atoms with Crippen molar-refractivity contribution >= 4 is 11.5 Å². The predicted octanol–water partition coefficient (Wildman–Crippen LogP) is 4.69. The molecule has 148 valence electrons. The predicted molar refractivity (Wildman–Crippen MR) is 111 cm³/mol. The average molecular weight is 390 g/mol. The van der Waals surface area contributed by atoms with Crippen LogP contribution < -0.4 is 5.32 Å². The molecule has 7 nitrogen and oxygen atoms in total. The lowest BCUT2D eigenvalue weighted by molar-refractivity contribution is -0.384. The van der Waals surface area contributed by atoms with E-state index in [4.69, 9.17) is 4.74 Å². The van der Waals surface area contributed by atoms with Crippen LogP contribution in [-0.2, 0) is 4.74 Å². The fourth-order valence-electron chi connectivity index (χ4n) is 3.54. The maximum atomic E-state index is 10.9. The fraction of sp³-hybridized carbons (Fsp3) is 0.273. The van der Waals surface area contributed by atoms with E-state index in [1.807, 2.05) is 31.2 Å². The molecule has 1 aliphatic heterocycles. The van der Waals surface area contributed by atoms with Crippen LogP contribution in [-0.4, -0.2) is 27.5 Å². The average Bonchev–Trinajstić information content (AvgIpc) is 2.74. The molecular formula is C22H22N4O3. The summed E-state index contributed by atoms with van der Waals surface area (Å²) in [6.07, 6.45) is 1.83.